The number of H-pyrrole nitrogens is 1. The van der Waals surface area contributed by atoms with Crippen molar-refractivity contribution in [2.45, 2.75) is 19.5 Å². The topological polar surface area (TPSA) is 130 Å². The van der Waals surface area contributed by atoms with Crippen molar-refractivity contribution < 1.29 is 19.4 Å². The van der Waals surface area contributed by atoms with Gasteiger partial charge in [0.25, 0.3) is 5.56 Å². The van der Waals surface area contributed by atoms with Gasteiger partial charge in [-0.15, -0.1) is 0 Å². The maximum Gasteiger partial charge on any atom is 0.328 e. The van der Waals surface area contributed by atoms with E-state index in [1.807, 2.05) is 0 Å². The highest BCUT2D eigenvalue weighted by Gasteiger charge is 2.21. The number of aliphatic carboxylic acids is 1. The molecule has 9 heteroatoms. The number of aryl methyl sites for hydroxylation is 1. The van der Waals surface area contributed by atoms with E-state index >= 15 is 0 Å². The Morgan fingerprint density at radius 3 is 2.70 bits per heavy atom. The molecule has 0 bridgehead atoms. The number of aromatic amines is 1. The molecule has 0 saturated heterocycles. The predicted molar refractivity (Wildman–Crippen MR) is 67.5 cm³/mol. The number of hydrogen-bond donors (Lipinski definition) is 3. The first-order valence-corrected chi connectivity index (χ1v) is 5.66. The van der Waals surface area contributed by atoms with Crippen LogP contribution in [0.1, 0.15) is 5.56 Å². The summed E-state index contributed by atoms with van der Waals surface area (Å²) >= 11 is 0. The van der Waals surface area contributed by atoms with Crippen LogP contribution in [-0.4, -0.2) is 46.3 Å². The molecule has 0 aliphatic carbocycles. The van der Waals surface area contributed by atoms with E-state index in [0.29, 0.717) is 0 Å². The van der Waals surface area contributed by atoms with Crippen molar-refractivity contribution in [2.24, 2.45) is 0 Å². The number of amides is 1. The normalized spacial score (nSPS) is 11.9. The Morgan fingerprint density at radius 2 is 2.15 bits per heavy atom. The summed E-state index contributed by atoms with van der Waals surface area (Å²) in [5.74, 6) is -1.92. The van der Waals surface area contributed by atoms with E-state index in [9.17, 15) is 19.2 Å². The van der Waals surface area contributed by atoms with Crippen LogP contribution in [0.25, 0.3) is 0 Å². The van der Waals surface area contributed by atoms with Crippen LogP contribution in [0, 0.1) is 6.92 Å². The van der Waals surface area contributed by atoms with Crippen LogP contribution in [0.2, 0.25) is 0 Å². The van der Waals surface area contributed by atoms with Crippen molar-refractivity contribution in [1.82, 2.24) is 14.9 Å². The van der Waals surface area contributed by atoms with Crippen molar-refractivity contribution in [3.63, 3.8) is 0 Å². The standard InChI is InChI=1S/C11H15N3O6/c1-6-3-14(11(19)13-9(6)16)4-7(10(17)18)12-8(15)5-20-2/h3,7H,4-5H2,1-2H3,(H,12,15)(H,17,18)(H,13,16,19)/t7-/m0/s1. The molecule has 1 heterocycles. The first-order valence-electron chi connectivity index (χ1n) is 5.66. The summed E-state index contributed by atoms with van der Waals surface area (Å²) in [7, 11) is 1.30. The Balaban J connectivity index is 2.94. The Kier molecular flexibility index (Phi) is 5.21. The fraction of sp³-hybridized carbons (Fsp3) is 0.455. The monoisotopic (exact) mass is 285 g/mol. The van der Waals surface area contributed by atoms with Gasteiger partial charge >= 0.3 is 11.7 Å². The quantitative estimate of drug-likeness (QED) is 0.557. The number of rotatable bonds is 6. The number of hydrogen-bond acceptors (Lipinski definition) is 5. The third kappa shape index (κ3) is 4.05. The minimum absolute atomic E-state index is 0.261. The van der Waals surface area contributed by atoms with Crippen molar-refractivity contribution in [2.75, 3.05) is 13.7 Å². The van der Waals surface area contributed by atoms with Crippen LogP contribution >= 0.6 is 0 Å². The lowest BCUT2D eigenvalue weighted by molar-refractivity contribution is -0.142. The van der Waals surface area contributed by atoms with Gasteiger partial charge in [-0.05, 0) is 6.92 Å². The number of nitrogens with zero attached hydrogens (tertiary/aromatic N) is 1. The second kappa shape index (κ2) is 6.66. The third-order valence-corrected chi connectivity index (χ3v) is 2.48. The van der Waals surface area contributed by atoms with Crippen LogP contribution in [0.4, 0.5) is 0 Å². The van der Waals surface area contributed by atoms with Crippen LogP contribution < -0.4 is 16.6 Å². The number of carboxylic acid groups (broad SMARTS) is 1. The molecule has 0 aliphatic heterocycles. The molecule has 0 aromatic carbocycles. The highest BCUT2D eigenvalue weighted by atomic mass is 16.5. The van der Waals surface area contributed by atoms with Gasteiger partial charge in [0.1, 0.15) is 12.6 Å². The van der Waals surface area contributed by atoms with Crippen LogP contribution in [0.5, 0.6) is 0 Å². The highest BCUT2D eigenvalue weighted by Crippen LogP contribution is 1.92. The molecule has 1 amide bonds. The molecule has 20 heavy (non-hydrogen) atoms. The van der Waals surface area contributed by atoms with E-state index in [2.05, 4.69) is 15.0 Å². The Morgan fingerprint density at radius 1 is 1.50 bits per heavy atom. The lowest BCUT2D eigenvalue weighted by atomic mass is 10.2. The fourth-order valence-corrected chi connectivity index (χ4v) is 1.50. The molecule has 0 fully saturated rings. The zero-order chi connectivity index (χ0) is 15.3. The van der Waals surface area contributed by atoms with E-state index < -0.39 is 29.2 Å². The lowest BCUT2D eigenvalue weighted by Crippen LogP contribution is -2.47. The largest absolute Gasteiger partial charge is 0.480 e. The molecule has 0 unspecified atom stereocenters. The number of carbonyl (C=O) groups is 2. The maximum atomic E-state index is 11.5. The van der Waals surface area contributed by atoms with Crippen LogP contribution in [0.3, 0.4) is 0 Å². The average molecular weight is 285 g/mol. The smallest absolute Gasteiger partial charge is 0.328 e. The molecule has 0 radical (unpaired) electrons. The minimum atomic E-state index is -1.30. The van der Waals surface area contributed by atoms with Gasteiger partial charge in [-0.1, -0.05) is 0 Å². The number of aromatic nitrogens is 2. The average Bonchev–Trinajstić information content (AvgIpc) is 2.35. The van der Waals surface area contributed by atoms with Crippen LogP contribution in [-0.2, 0) is 20.9 Å². The highest BCUT2D eigenvalue weighted by molar-refractivity contribution is 5.84. The molecular formula is C11H15N3O6. The molecule has 1 rings (SSSR count). The number of carbonyl (C=O) groups excluding carboxylic acids is 1. The molecule has 0 spiro atoms. The SMILES string of the molecule is COCC(=O)N[C@@H](Cn1cc(C)c(=O)[nH]c1=O)C(=O)O. The van der Waals surface area contributed by atoms with Gasteiger partial charge in [-0.3, -0.25) is 19.1 Å². The van der Waals surface area contributed by atoms with Gasteiger partial charge in [0, 0.05) is 18.9 Å². The molecule has 1 aromatic heterocycles. The van der Waals surface area contributed by atoms with Gasteiger partial charge in [0.2, 0.25) is 5.91 Å². The van der Waals surface area contributed by atoms with Crippen molar-refractivity contribution in [3.05, 3.63) is 32.6 Å². The molecule has 9 nitrogen and oxygen atoms in total. The molecule has 110 valence electrons. The zero-order valence-corrected chi connectivity index (χ0v) is 11.0. The molecular weight excluding hydrogens is 270 g/mol. The molecule has 3 N–H and O–H groups in total. The summed E-state index contributed by atoms with van der Waals surface area (Å²) in [6, 6.07) is -1.30. The second-order valence-corrected chi connectivity index (χ2v) is 4.12. The molecule has 1 atom stereocenters. The van der Waals surface area contributed by atoms with Crippen molar-refractivity contribution in [3.8, 4) is 0 Å². The second-order valence-electron chi connectivity index (χ2n) is 4.12. The van der Waals surface area contributed by atoms with Crippen molar-refractivity contribution >= 4 is 11.9 Å². The number of nitrogens with one attached hydrogen (secondary N) is 2. The maximum absolute atomic E-state index is 11.5. The zero-order valence-electron chi connectivity index (χ0n) is 11.0. The minimum Gasteiger partial charge on any atom is -0.480 e. The number of carboxylic acids is 1. The van der Waals surface area contributed by atoms with E-state index in [0.717, 1.165) is 4.57 Å². The van der Waals surface area contributed by atoms with E-state index in [1.165, 1.54) is 20.2 Å². The Labute approximate surface area is 113 Å². The van der Waals surface area contributed by atoms with E-state index in [1.54, 1.807) is 0 Å². The van der Waals surface area contributed by atoms with E-state index in [4.69, 9.17) is 5.11 Å². The van der Waals surface area contributed by atoms with E-state index in [-0.39, 0.29) is 18.7 Å². The molecule has 0 saturated carbocycles. The first-order chi connectivity index (χ1) is 9.35. The molecule has 1 aromatic rings. The fourth-order valence-electron chi connectivity index (χ4n) is 1.50. The summed E-state index contributed by atoms with van der Waals surface area (Å²) in [5.41, 5.74) is -1.02. The summed E-state index contributed by atoms with van der Waals surface area (Å²) < 4.78 is 5.59. The number of ether oxygens (including phenoxy) is 1. The predicted octanol–water partition coefficient (Wildman–Crippen LogP) is -1.94. The van der Waals surface area contributed by atoms with Gasteiger partial charge in [-0.2, -0.15) is 0 Å². The Bertz CT molecular complexity index is 617. The summed E-state index contributed by atoms with van der Waals surface area (Å²) in [6.07, 6.45) is 1.24. The van der Waals surface area contributed by atoms with Gasteiger partial charge < -0.3 is 15.2 Å². The van der Waals surface area contributed by atoms with Gasteiger partial charge in [0.05, 0.1) is 6.54 Å². The lowest BCUT2D eigenvalue weighted by Gasteiger charge is -2.15. The van der Waals surface area contributed by atoms with Gasteiger partial charge in [0.15, 0.2) is 0 Å². The summed E-state index contributed by atoms with van der Waals surface area (Å²) in [4.78, 5) is 47.2. The molecule has 0 aliphatic rings. The van der Waals surface area contributed by atoms with Gasteiger partial charge in [-0.25, -0.2) is 9.59 Å². The Hall–Kier alpha value is -2.42. The van der Waals surface area contributed by atoms with Crippen LogP contribution in [0.15, 0.2) is 15.8 Å². The summed E-state index contributed by atoms with van der Waals surface area (Å²) in [5, 5.41) is 11.2. The van der Waals surface area contributed by atoms with Crippen molar-refractivity contribution in [1.29, 1.82) is 0 Å². The summed E-state index contributed by atoms with van der Waals surface area (Å²) in [6.45, 7) is 0.888. The number of methoxy groups -OCH3 is 1. The third-order valence-electron chi connectivity index (χ3n) is 2.48. The first kappa shape index (κ1) is 15.6.